The van der Waals surface area contributed by atoms with E-state index in [9.17, 15) is 18.0 Å². The van der Waals surface area contributed by atoms with Crippen LogP contribution in [0.15, 0.2) is 24.3 Å². The summed E-state index contributed by atoms with van der Waals surface area (Å²) in [7, 11) is 0. The topological polar surface area (TPSA) is 30.0 Å². The highest BCUT2D eigenvalue weighted by molar-refractivity contribution is 6.32. The molecule has 0 atom stereocenters. The molecular weight excluding hydrogens is 255 g/mol. The van der Waals surface area contributed by atoms with Gasteiger partial charge in [-0.3, -0.25) is 4.79 Å². The third-order valence-corrected chi connectivity index (χ3v) is 2.55. The van der Waals surface area contributed by atoms with Gasteiger partial charge in [0.25, 0.3) is 0 Å². The van der Waals surface area contributed by atoms with Gasteiger partial charge in [0.1, 0.15) is 5.15 Å². The van der Waals surface area contributed by atoms with Crippen LogP contribution in [0.4, 0.5) is 13.2 Å². The van der Waals surface area contributed by atoms with E-state index in [1.165, 1.54) is 12.1 Å². The predicted molar refractivity (Wildman–Crippen MR) is 57.1 cm³/mol. The number of rotatable bonds is 1. The maximum atomic E-state index is 12.5. The molecule has 2 rings (SSSR count). The molecule has 0 radical (unpaired) electrons. The van der Waals surface area contributed by atoms with Crippen molar-refractivity contribution in [1.82, 2.24) is 4.98 Å². The molecule has 6 heteroatoms. The van der Waals surface area contributed by atoms with Gasteiger partial charge in [-0.25, -0.2) is 4.98 Å². The number of pyridine rings is 1. The molecule has 0 unspecified atom stereocenters. The summed E-state index contributed by atoms with van der Waals surface area (Å²) in [6.45, 7) is 0. The number of fused-ring (bicyclic) bond motifs is 1. The number of aldehydes is 1. The van der Waals surface area contributed by atoms with Crippen LogP contribution in [-0.2, 0) is 6.18 Å². The second-order valence-corrected chi connectivity index (χ2v) is 3.75. The standard InChI is InChI=1S/C11H5ClF3NO/c12-10-7(5-17)3-6-4-8(11(13,14)15)1-2-9(6)16-10/h1-5H. The summed E-state index contributed by atoms with van der Waals surface area (Å²) < 4.78 is 37.4. The highest BCUT2D eigenvalue weighted by Gasteiger charge is 2.30. The molecule has 17 heavy (non-hydrogen) atoms. The van der Waals surface area contributed by atoms with Gasteiger partial charge in [-0.2, -0.15) is 13.2 Å². The number of hydrogen-bond acceptors (Lipinski definition) is 2. The van der Waals surface area contributed by atoms with Crippen molar-refractivity contribution in [3.05, 3.63) is 40.5 Å². The highest BCUT2D eigenvalue weighted by atomic mass is 35.5. The zero-order valence-electron chi connectivity index (χ0n) is 8.25. The first-order valence-corrected chi connectivity index (χ1v) is 4.92. The molecule has 0 aliphatic carbocycles. The van der Waals surface area contributed by atoms with Gasteiger partial charge in [0.15, 0.2) is 6.29 Å². The predicted octanol–water partition coefficient (Wildman–Crippen LogP) is 3.72. The Morgan fingerprint density at radius 2 is 1.94 bits per heavy atom. The van der Waals surface area contributed by atoms with Crippen molar-refractivity contribution in [2.24, 2.45) is 0 Å². The fourth-order valence-electron chi connectivity index (χ4n) is 1.43. The van der Waals surface area contributed by atoms with Crippen molar-refractivity contribution < 1.29 is 18.0 Å². The quantitative estimate of drug-likeness (QED) is 0.577. The number of nitrogens with zero attached hydrogens (tertiary/aromatic N) is 1. The summed E-state index contributed by atoms with van der Waals surface area (Å²) >= 11 is 5.67. The molecule has 0 N–H and O–H groups in total. The zero-order valence-corrected chi connectivity index (χ0v) is 9.01. The van der Waals surface area contributed by atoms with Gasteiger partial charge in [-0.15, -0.1) is 0 Å². The largest absolute Gasteiger partial charge is 0.416 e. The molecule has 0 amide bonds. The van der Waals surface area contributed by atoms with E-state index in [0.29, 0.717) is 11.8 Å². The Morgan fingerprint density at radius 3 is 2.53 bits per heavy atom. The lowest BCUT2D eigenvalue weighted by Gasteiger charge is -2.08. The van der Waals surface area contributed by atoms with Crippen LogP contribution in [0, 0.1) is 0 Å². The van der Waals surface area contributed by atoms with Crippen molar-refractivity contribution in [3.63, 3.8) is 0 Å². The number of aromatic nitrogens is 1. The molecule has 0 aliphatic heterocycles. The summed E-state index contributed by atoms with van der Waals surface area (Å²) in [5, 5.41) is 0.207. The lowest BCUT2D eigenvalue weighted by atomic mass is 10.1. The molecule has 1 aromatic heterocycles. The van der Waals surface area contributed by atoms with Crippen LogP contribution >= 0.6 is 11.6 Å². The molecule has 2 nitrogen and oxygen atoms in total. The van der Waals surface area contributed by atoms with Gasteiger partial charge in [0, 0.05) is 5.39 Å². The van der Waals surface area contributed by atoms with E-state index in [-0.39, 0.29) is 16.1 Å². The highest BCUT2D eigenvalue weighted by Crippen LogP contribution is 2.31. The summed E-state index contributed by atoms with van der Waals surface area (Å²) in [4.78, 5) is 14.4. The molecule has 1 aromatic carbocycles. The average Bonchev–Trinajstić information content (AvgIpc) is 2.26. The second kappa shape index (κ2) is 4.00. The molecule has 0 saturated carbocycles. The average molecular weight is 260 g/mol. The Kier molecular flexibility index (Phi) is 2.79. The van der Waals surface area contributed by atoms with E-state index in [0.717, 1.165) is 12.1 Å². The summed E-state index contributed by atoms with van der Waals surface area (Å²) in [6, 6.07) is 4.36. The fraction of sp³-hybridized carbons (Fsp3) is 0.0909. The van der Waals surface area contributed by atoms with E-state index >= 15 is 0 Å². The first kappa shape index (κ1) is 11.9. The minimum absolute atomic E-state index is 0.0211. The third kappa shape index (κ3) is 2.24. The number of halogens is 4. The molecule has 88 valence electrons. The molecule has 0 aliphatic rings. The van der Waals surface area contributed by atoms with Crippen LogP contribution in [0.5, 0.6) is 0 Å². The first-order chi connectivity index (χ1) is 7.91. The van der Waals surface area contributed by atoms with Crippen molar-refractivity contribution in [3.8, 4) is 0 Å². The Bertz CT molecular complexity index is 595. The van der Waals surface area contributed by atoms with Crippen molar-refractivity contribution >= 4 is 28.8 Å². The molecule has 1 heterocycles. The van der Waals surface area contributed by atoms with Crippen molar-refractivity contribution in [2.45, 2.75) is 6.18 Å². The van der Waals surface area contributed by atoms with Gasteiger partial charge in [-0.1, -0.05) is 11.6 Å². The normalized spacial score (nSPS) is 11.8. The van der Waals surface area contributed by atoms with Crippen LogP contribution in [0.25, 0.3) is 10.9 Å². The maximum absolute atomic E-state index is 12.5. The van der Waals surface area contributed by atoms with Crippen LogP contribution in [-0.4, -0.2) is 11.3 Å². The zero-order chi connectivity index (χ0) is 12.6. The van der Waals surface area contributed by atoms with Crippen LogP contribution in [0.1, 0.15) is 15.9 Å². The Morgan fingerprint density at radius 1 is 1.24 bits per heavy atom. The van der Waals surface area contributed by atoms with Gasteiger partial charge in [-0.05, 0) is 24.3 Å². The molecule has 0 bridgehead atoms. The number of carbonyl (C=O) groups is 1. The maximum Gasteiger partial charge on any atom is 0.416 e. The Hall–Kier alpha value is -1.62. The van der Waals surface area contributed by atoms with E-state index < -0.39 is 11.7 Å². The van der Waals surface area contributed by atoms with Gasteiger partial charge < -0.3 is 0 Å². The van der Waals surface area contributed by atoms with Gasteiger partial charge in [0.2, 0.25) is 0 Å². The van der Waals surface area contributed by atoms with Crippen LogP contribution in [0.2, 0.25) is 5.15 Å². The summed E-state index contributed by atoms with van der Waals surface area (Å²) in [6.07, 6.45) is -3.97. The van der Waals surface area contributed by atoms with Crippen molar-refractivity contribution in [2.75, 3.05) is 0 Å². The van der Waals surface area contributed by atoms with E-state index in [1.807, 2.05) is 0 Å². The number of benzene rings is 1. The lowest BCUT2D eigenvalue weighted by Crippen LogP contribution is -2.04. The van der Waals surface area contributed by atoms with Gasteiger partial charge in [0.05, 0.1) is 16.6 Å². The smallest absolute Gasteiger partial charge is 0.298 e. The molecule has 0 spiro atoms. The molecule has 0 fully saturated rings. The number of hydrogen-bond donors (Lipinski definition) is 0. The minimum atomic E-state index is -4.42. The van der Waals surface area contributed by atoms with E-state index in [4.69, 9.17) is 11.6 Å². The summed E-state index contributed by atoms with van der Waals surface area (Å²) in [5.74, 6) is 0. The van der Waals surface area contributed by atoms with Crippen LogP contribution < -0.4 is 0 Å². The number of carbonyl (C=O) groups excluding carboxylic acids is 1. The Balaban J connectivity index is 2.69. The third-order valence-electron chi connectivity index (χ3n) is 2.25. The fourth-order valence-corrected chi connectivity index (χ4v) is 1.62. The second-order valence-electron chi connectivity index (χ2n) is 3.39. The minimum Gasteiger partial charge on any atom is -0.298 e. The first-order valence-electron chi connectivity index (χ1n) is 4.54. The monoisotopic (exact) mass is 259 g/mol. The molecule has 0 saturated heterocycles. The molecular formula is C11H5ClF3NO. The SMILES string of the molecule is O=Cc1cc2cc(C(F)(F)F)ccc2nc1Cl. The van der Waals surface area contributed by atoms with Crippen LogP contribution in [0.3, 0.4) is 0 Å². The van der Waals surface area contributed by atoms with E-state index in [2.05, 4.69) is 4.98 Å². The summed E-state index contributed by atoms with van der Waals surface area (Å²) in [5.41, 5.74) is -0.405. The molecule has 2 aromatic rings. The Labute approximate surface area is 99.0 Å². The lowest BCUT2D eigenvalue weighted by molar-refractivity contribution is -0.137. The van der Waals surface area contributed by atoms with Crippen molar-refractivity contribution in [1.29, 1.82) is 0 Å². The number of alkyl halides is 3. The van der Waals surface area contributed by atoms with Gasteiger partial charge >= 0.3 is 6.18 Å². The van der Waals surface area contributed by atoms with E-state index in [1.54, 1.807) is 0 Å².